The summed E-state index contributed by atoms with van der Waals surface area (Å²) in [6.07, 6.45) is 0.787. The normalized spacial score (nSPS) is 28.6. The second-order valence-electron chi connectivity index (χ2n) is 11.4. The van der Waals surface area contributed by atoms with Crippen LogP contribution in [-0.2, 0) is 20.9 Å². The number of thioether (sulfide) groups is 1. The summed E-state index contributed by atoms with van der Waals surface area (Å²) in [6.45, 7) is -0.175. The lowest BCUT2D eigenvalue weighted by atomic mass is 9.69. The zero-order valence-electron chi connectivity index (χ0n) is 22.3. The van der Waals surface area contributed by atoms with Crippen molar-refractivity contribution in [3.8, 4) is 0 Å². The number of benzene rings is 2. The maximum atomic E-state index is 13.9. The van der Waals surface area contributed by atoms with E-state index < -0.39 is 11.7 Å². The summed E-state index contributed by atoms with van der Waals surface area (Å²) in [7, 11) is 0. The summed E-state index contributed by atoms with van der Waals surface area (Å²) in [5, 5.41) is 6.09. The minimum Gasteiger partial charge on any atom is -0.325 e. The van der Waals surface area contributed by atoms with Crippen molar-refractivity contribution in [2.75, 3.05) is 10.2 Å². The SMILES string of the molecule is O=C(Cn1c2c(sc1=O)C(c1cccs1)C1C3CC(C1S2)C1C(=O)N(c2ccc(Cl)cc2)C(=O)C31)Nc1ccc(F)cc1. The Morgan fingerprint density at radius 2 is 1.70 bits per heavy atom. The first-order chi connectivity index (χ1) is 20.8. The van der Waals surface area contributed by atoms with Crippen molar-refractivity contribution in [1.29, 1.82) is 0 Å². The number of thiophene rings is 1. The lowest BCUT2D eigenvalue weighted by molar-refractivity contribution is -0.123. The number of thiazole rings is 1. The van der Waals surface area contributed by atoms with Gasteiger partial charge in [-0.05, 0) is 84.2 Å². The van der Waals surface area contributed by atoms with Gasteiger partial charge in [-0.15, -0.1) is 23.1 Å². The number of nitrogens with zero attached hydrogens (tertiary/aromatic N) is 2. The first-order valence-corrected chi connectivity index (χ1v) is 16.9. The number of amides is 3. The van der Waals surface area contributed by atoms with E-state index in [4.69, 9.17) is 11.6 Å². The molecule has 7 atom stereocenters. The Morgan fingerprint density at radius 3 is 2.40 bits per heavy atom. The van der Waals surface area contributed by atoms with Gasteiger partial charge in [-0.25, -0.2) is 4.39 Å². The number of halogens is 2. The molecule has 7 unspecified atom stereocenters. The Kier molecular flexibility index (Phi) is 6.45. The molecule has 2 aliphatic carbocycles. The molecule has 8 rings (SSSR count). The highest BCUT2D eigenvalue weighted by molar-refractivity contribution is 8.00. The molecule has 2 aliphatic heterocycles. The zero-order valence-corrected chi connectivity index (χ0v) is 25.5. The highest BCUT2D eigenvalue weighted by Gasteiger charge is 2.70. The minimum absolute atomic E-state index is 0.00827. The molecule has 2 aromatic carbocycles. The molecule has 3 fully saturated rings. The van der Waals surface area contributed by atoms with Gasteiger partial charge in [0.25, 0.3) is 0 Å². The molecule has 2 bridgehead atoms. The van der Waals surface area contributed by atoms with Crippen LogP contribution in [0.25, 0.3) is 0 Å². The summed E-state index contributed by atoms with van der Waals surface area (Å²) < 4.78 is 14.9. The molecule has 12 heteroatoms. The van der Waals surface area contributed by atoms with E-state index in [9.17, 15) is 23.6 Å². The van der Waals surface area contributed by atoms with Gasteiger partial charge in [0.2, 0.25) is 17.7 Å². The van der Waals surface area contributed by atoms with E-state index in [2.05, 4.69) is 11.4 Å². The quantitative estimate of drug-likeness (QED) is 0.264. The van der Waals surface area contributed by atoms with Gasteiger partial charge in [-0.3, -0.25) is 28.6 Å². The van der Waals surface area contributed by atoms with Gasteiger partial charge in [0.1, 0.15) is 12.4 Å². The predicted molar refractivity (Wildman–Crippen MR) is 165 cm³/mol. The van der Waals surface area contributed by atoms with Crippen LogP contribution in [0.3, 0.4) is 0 Å². The predicted octanol–water partition coefficient (Wildman–Crippen LogP) is 6.08. The average molecular weight is 652 g/mol. The Morgan fingerprint density at radius 1 is 0.977 bits per heavy atom. The van der Waals surface area contributed by atoms with Gasteiger partial charge in [-0.2, -0.15) is 0 Å². The van der Waals surface area contributed by atoms with E-state index in [0.717, 1.165) is 32.5 Å². The molecular formula is C31H23ClFN3O4S3. The van der Waals surface area contributed by atoms with Crippen LogP contribution in [0.2, 0.25) is 5.02 Å². The lowest BCUT2D eigenvalue weighted by Crippen LogP contribution is -2.43. The Hall–Kier alpha value is -3.25. The highest BCUT2D eigenvalue weighted by Crippen LogP contribution is 2.69. The molecule has 43 heavy (non-hydrogen) atoms. The van der Waals surface area contributed by atoms with Gasteiger partial charge in [0.15, 0.2) is 0 Å². The smallest absolute Gasteiger partial charge is 0.308 e. The highest BCUT2D eigenvalue weighted by atomic mass is 35.5. The largest absolute Gasteiger partial charge is 0.325 e. The van der Waals surface area contributed by atoms with Gasteiger partial charge in [-0.1, -0.05) is 29.0 Å². The second-order valence-corrected chi connectivity index (χ2v) is 15.0. The molecule has 3 amide bonds. The van der Waals surface area contributed by atoms with Crippen LogP contribution >= 0.6 is 46.0 Å². The number of carbonyl (C=O) groups excluding carboxylic acids is 3. The number of hydrogen-bond donors (Lipinski definition) is 1. The molecule has 0 radical (unpaired) electrons. The first-order valence-electron chi connectivity index (χ1n) is 13.9. The van der Waals surface area contributed by atoms with Crippen molar-refractivity contribution in [1.82, 2.24) is 4.57 Å². The molecule has 1 saturated heterocycles. The van der Waals surface area contributed by atoms with E-state index in [1.54, 1.807) is 47.4 Å². The van der Waals surface area contributed by atoms with Crippen LogP contribution in [-0.4, -0.2) is 27.5 Å². The standard InChI is InChI=1S/C31H23ClFN3O4S3/c32-14-3-9-17(10-4-14)36-28(38)23-18-12-19(24(23)29(36)39)26-22(18)25(20-2-1-11-41-20)27-30(42-26)35(31(40)43-27)13-21(37)34-16-7-5-15(33)6-8-16/h1-11,18-19,22-26H,12-13H2,(H,34,37). The van der Waals surface area contributed by atoms with E-state index in [-0.39, 0.29) is 64.0 Å². The summed E-state index contributed by atoms with van der Waals surface area (Å²) in [5.74, 6) is -1.91. The van der Waals surface area contributed by atoms with Crippen LogP contribution in [0, 0.1) is 35.4 Å². The van der Waals surface area contributed by atoms with E-state index in [0.29, 0.717) is 16.4 Å². The average Bonchev–Trinajstić information content (AvgIpc) is 3.81. The molecule has 7 nitrogen and oxygen atoms in total. The Labute approximate surface area is 262 Å². The number of hydrogen-bond acceptors (Lipinski definition) is 7. The van der Waals surface area contributed by atoms with Gasteiger partial charge < -0.3 is 5.32 Å². The van der Waals surface area contributed by atoms with Gasteiger partial charge in [0.05, 0.1) is 22.5 Å². The number of aromatic nitrogens is 1. The van der Waals surface area contributed by atoms with Crippen LogP contribution < -0.4 is 15.1 Å². The van der Waals surface area contributed by atoms with Crippen LogP contribution in [0.1, 0.15) is 22.1 Å². The third-order valence-electron chi connectivity index (χ3n) is 9.31. The number of carbonyl (C=O) groups is 3. The van der Waals surface area contributed by atoms with Crippen LogP contribution in [0.5, 0.6) is 0 Å². The van der Waals surface area contributed by atoms with Crippen LogP contribution in [0.15, 0.2) is 75.9 Å². The Bertz CT molecular complexity index is 1840. The molecule has 2 saturated carbocycles. The summed E-state index contributed by atoms with van der Waals surface area (Å²) in [5.41, 5.74) is 0.986. The molecule has 1 N–H and O–H groups in total. The fourth-order valence-electron chi connectivity index (χ4n) is 7.76. The van der Waals surface area contributed by atoms with Gasteiger partial charge in [0, 0.05) is 31.6 Å². The molecule has 4 aromatic rings. The maximum Gasteiger partial charge on any atom is 0.308 e. The fraction of sp³-hybridized carbons (Fsp3) is 0.290. The van der Waals surface area contributed by atoms with Crippen molar-refractivity contribution in [2.24, 2.45) is 29.6 Å². The van der Waals surface area contributed by atoms with E-state index in [1.807, 2.05) is 11.4 Å². The number of imide groups is 1. The lowest BCUT2D eigenvalue weighted by Gasteiger charge is -2.42. The van der Waals surface area contributed by atoms with Crippen LogP contribution in [0.4, 0.5) is 15.8 Å². The number of rotatable bonds is 5. The number of anilines is 2. The van der Waals surface area contributed by atoms with E-state index in [1.165, 1.54) is 33.7 Å². The molecule has 4 aliphatic rings. The molecule has 4 heterocycles. The zero-order chi connectivity index (χ0) is 29.6. The minimum atomic E-state index is -0.409. The van der Waals surface area contributed by atoms with Gasteiger partial charge >= 0.3 is 4.87 Å². The first kappa shape index (κ1) is 27.3. The van der Waals surface area contributed by atoms with Crippen molar-refractivity contribution < 1.29 is 18.8 Å². The molecule has 0 spiro atoms. The fourth-order valence-corrected chi connectivity index (χ4v) is 12.0. The van der Waals surface area contributed by atoms with Crippen molar-refractivity contribution >= 4 is 75.1 Å². The van der Waals surface area contributed by atoms with Crippen molar-refractivity contribution in [2.45, 2.75) is 29.2 Å². The maximum absolute atomic E-state index is 13.9. The van der Waals surface area contributed by atoms with Crippen molar-refractivity contribution in [3.63, 3.8) is 0 Å². The third kappa shape index (κ3) is 4.19. The Balaban J connectivity index is 1.15. The summed E-state index contributed by atoms with van der Waals surface area (Å²) in [6, 6.07) is 16.4. The third-order valence-corrected chi connectivity index (χ3v) is 13.3. The molecular weight excluding hydrogens is 629 g/mol. The second kappa shape index (κ2) is 10.2. The molecule has 2 aromatic heterocycles. The topological polar surface area (TPSA) is 88.5 Å². The number of nitrogens with one attached hydrogen (secondary N) is 1. The molecule has 218 valence electrons. The number of fused-ring (bicyclic) bond motifs is 9. The van der Waals surface area contributed by atoms with Crippen molar-refractivity contribution in [3.05, 3.63) is 96.3 Å². The van der Waals surface area contributed by atoms with E-state index >= 15 is 0 Å². The summed E-state index contributed by atoms with van der Waals surface area (Å²) >= 11 is 10.5. The summed E-state index contributed by atoms with van der Waals surface area (Å²) in [4.78, 5) is 57.3. The monoisotopic (exact) mass is 651 g/mol.